The average molecular weight is 363 g/mol. The van der Waals surface area contributed by atoms with E-state index in [4.69, 9.17) is 0 Å². The second-order valence-corrected chi connectivity index (χ2v) is 4.26. The molecule has 1 rings (SSSR count). The summed E-state index contributed by atoms with van der Waals surface area (Å²) in [4.78, 5) is 9.77. The van der Waals surface area contributed by atoms with Crippen molar-refractivity contribution in [3.8, 4) is 0 Å². The maximum atomic E-state index is 12.4. The first kappa shape index (κ1) is 13.4. The summed E-state index contributed by atoms with van der Waals surface area (Å²) >= 11 is 5.87. The van der Waals surface area contributed by atoms with Crippen LogP contribution in [-0.4, -0.2) is 4.92 Å². The minimum absolute atomic E-state index is 0.0610. The van der Waals surface area contributed by atoms with Gasteiger partial charge in [-0.2, -0.15) is 13.2 Å². The Kier molecular flexibility index (Phi) is 3.95. The van der Waals surface area contributed by atoms with E-state index in [-0.39, 0.29) is 15.4 Å². The first-order valence-corrected chi connectivity index (χ1v) is 5.78. The van der Waals surface area contributed by atoms with E-state index < -0.39 is 22.4 Å². The maximum absolute atomic E-state index is 12.4. The molecule has 0 bridgehead atoms. The Morgan fingerprint density at radius 3 is 2.31 bits per heavy atom. The molecule has 0 aliphatic heterocycles. The summed E-state index contributed by atoms with van der Waals surface area (Å²) in [5.41, 5.74) is -1.42. The van der Waals surface area contributed by atoms with Crippen molar-refractivity contribution in [2.75, 3.05) is 0 Å². The van der Waals surface area contributed by atoms with Gasteiger partial charge in [-0.05, 0) is 6.07 Å². The van der Waals surface area contributed by atoms with Gasteiger partial charge in [-0.1, -0.05) is 31.9 Å². The van der Waals surface area contributed by atoms with Crippen LogP contribution in [-0.2, 0) is 11.5 Å². The lowest BCUT2D eigenvalue weighted by Gasteiger charge is -2.09. The number of alkyl halides is 4. The predicted molar refractivity (Wildman–Crippen MR) is 58.4 cm³/mol. The van der Waals surface area contributed by atoms with Crippen LogP contribution in [0.4, 0.5) is 18.9 Å². The van der Waals surface area contributed by atoms with E-state index in [0.29, 0.717) is 6.07 Å². The smallest absolute Gasteiger partial charge is 0.258 e. The van der Waals surface area contributed by atoms with Crippen molar-refractivity contribution in [1.82, 2.24) is 0 Å². The van der Waals surface area contributed by atoms with Crippen molar-refractivity contribution in [3.05, 3.63) is 37.8 Å². The summed E-state index contributed by atoms with van der Waals surface area (Å²) in [6.45, 7) is 0. The summed E-state index contributed by atoms with van der Waals surface area (Å²) < 4.78 is 37.2. The highest BCUT2D eigenvalue weighted by Gasteiger charge is 2.34. The number of benzene rings is 1. The molecule has 0 fully saturated rings. The molecule has 0 aromatic heterocycles. The third-order valence-corrected chi connectivity index (χ3v) is 3.10. The molecule has 1 aromatic carbocycles. The van der Waals surface area contributed by atoms with Gasteiger partial charge < -0.3 is 0 Å². The fourth-order valence-electron chi connectivity index (χ4n) is 1.08. The molecular formula is C8H4Br2F3NO2. The van der Waals surface area contributed by atoms with E-state index >= 15 is 0 Å². The molecule has 0 atom stereocenters. The van der Waals surface area contributed by atoms with Gasteiger partial charge in [0.25, 0.3) is 5.69 Å². The Balaban J connectivity index is 3.46. The first-order chi connectivity index (χ1) is 7.27. The van der Waals surface area contributed by atoms with Crippen LogP contribution < -0.4 is 0 Å². The molecule has 0 N–H and O–H groups in total. The van der Waals surface area contributed by atoms with E-state index in [1.807, 2.05) is 0 Å². The second kappa shape index (κ2) is 4.70. The van der Waals surface area contributed by atoms with Crippen LogP contribution >= 0.6 is 31.9 Å². The lowest BCUT2D eigenvalue weighted by atomic mass is 10.1. The summed E-state index contributed by atoms with van der Waals surface area (Å²) in [5.74, 6) is 0. The number of nitrogens with zero attached hydrogens (tertiary/aromatic N) is 1. The molecule has 3 nitrogen and oxygen atoms in total. The maximum Gasteiger partial charge on any atom is 0.416 e. The summed E-state index contributed by atoms with van der Waals surface area (Å²) in [6, 6.07) is 1.35. The minimum Gasteiger partial charge on any atom is -0.258 e. The van der Waals surface area contributed by atoms with Crippen LogP contribution in [0.15, 0.2) is 16.6 Å². The van der Waals surface area contributed by atoms with Gasteiger partial charge in [0.2, 0.25) is 0 Å². The molecule has 0 spiro atoms. The lowest BCUT2D eigenvalue weighted by Crippen LogP contribution is -2.07. The molecule has 0 saturated carbocycles. The Hall–Kier alpha value is -0.630. The molecule has 88 valence electrons. The third-order valence-electron chi connectivity index (χ3n) is 1.83. The SMILES string of the molecule is O=[N+]([O-])c1cc(C(F)(F)F)cc(Br)c1CBr. The average Bonchev–Trinajstić information content (AvgIpc) is 2.14. The summed E-state index contributed by atoms with van der Waals surface area (Å²) in [5, 5.41) is 10.7. The number of hydrogen-bond acceptors (Lipinski definition) is 2. The lowest BCUT2D eigenvalue weighted by molar-refractivity contribution is -0.385. The Morgan fingerprint density at radius 2 is 1.94 bits per heavy atom. The van der Waals surface area contributed by atoms with Crippen LogP contribution in [0, 0.1) is 10.1 Å². The van der Waals surface area contributed by atoms with Crippen molar-refractivity contribution in [3.63, 3.8) is 0 Å². The number of nitro groups is 1. The molecule has 0 unspecified atom stereocenters. The number of hydrogen-bond donors (Lipinski definition) is 0. The van der Waals surface area contributed by atoms with E-state index in [1.54, 1.807) is 0 Å². The molecule has 0 amide bonds. The fourth-order valence-corrected chi connectivity index (χ4v) is 2.64. The Bertz CT molecular complexity index is 434. The first-order valence-electron chi connectivity index (χ1n) is 3.87. The zero-order valence-electron chi connectivity index (χ0n) is 7.52. The molecule has 8 heteroatoms. The third kappa shape index (κ3) is 2.73. The van der Waals surface area contributed by atoms with Crippen LogP contribution in [0.25, 0.3) is 0 Å². The van der Waals surface area contributed by atoms with Gasteiger partial charge >= 0.3 is 6.18 Å². The highest BCUT2D eigenvalue weighted by molar-refractivity contribution is 9.10. The van der Waals surface area contributed by atoms with E-state index in [1.165, 1.54) is 0 Å². The molecule has 0 aliphatic carbocycles. The fraction of sp³-hybridized carbons (Fsp3) is 0.250. The summed E-state index contributed by atoms with van der Waals surface area (Å²) in [6.07, 6.45) is -4.60. The number of rotatable bonds is 2. The van der Waals surface area contributed by atoms with Gasteiger partial charge in [0.1, 0.15) is 0 Å². The molecule has 0 heterocycles. The predicted octanol–water partition coefficient (Wildman–Crippen LogP) is 4.27. The molecule has 0 saturated heterocycles. The van der Waals surface area contributed by atoms with Crippen LogP contribution in [0.5, 0.6) is 0 Å². The van der Waals surface area contributed by atoms with Crippen molar-refractivity contribution < 1.29 is 18.1 Å². The van der Waals surface area contributed by atoms with Crippen molar-refractivity contribution in [2.45, 2.75) is 11.5 Å². The van der Waals surface area contributed by atoms with Crippen LogP contribution in [0.2, 0.25) is 0 Å². The highest BCUT2D eigenvalue weighted by atomic mass is 79.9. The van der Waals surface area contributed by atoms with E-state index in [2.05, 4.69) is 31.9 Å². The van der Waals surface area contributed by atoms with E-state index in [0.717, 1.165) is 6.07 Å². The number of nitro benzene ring substituents is 1. The summed E-state index contributed by atoms with van der Waals surface area (Å²) in [7, 11) is 0. The van der Waals surface area contributed by atoms with Crippen molar-refractivity contribution in [1.29, 1.82) is 0 Å². The molecule has 0 radical (unpaired) electrons. The Morgan fingerprint density at radius 1 is 1.38 bits per heavy atom. The molecule has 16 heavy (non-hydrogen) atoms. The second-order valence-electron chi connectivity index (χ2n) is 2.84. The standard InChI is InChI=1S/C8H4Br2F3NO2/c9-3-5-6(10)1-4(8(11,12)13)2-7(5)14(15)16/h1-2H,3H2. The van der Waals surface area contributed by atoms with Gasteiger partial charge in [0.05, 0.1) is 16.1 Å². The quantitative estimate of drug-likeness (QED) is 0.448. The van der Waals surface area contributed by atoms with Crippen LogP contribution in [0.3, 0.4) is 0 Å². The van der Waals surface area contributed by atoms with Gasteiger partial charge in [0, 0.05) is 15.9 Å². The minimum atomic E-state index is -4.60. The van der Waals surface area contributed by atoms with Crippen molar-refractivity contribution in [2.24, 2.45) is 0 Å². The number of halogens is 5. The topological polar surface area (TPSA) is 43.1 Å². The highest BCUT2D eigenvalue weighted by Crippen LogP contribution is 2.37. The molecule has 1 aromatic rings. The molecular weight excluding hydrogens is 359 g/mol. The van der Waals surface area contributed by atoms with Crippen molar-refractivity contribution >= 4 is 37.5 Å². The van der Waals surface area contributed by atoms with Gasteiger partial charge in [-0.25, -0.2) is 0 Å². The monoisotopic (exact) mass is 361 g/mol. The normalized spacial score (nSPS) is 11.6. The largest absolute Gasteiger partial charge is 0.416 e. The van der Waals surface area contributed by atoms with E-state index in [9.17, 15) is 23.3 Å². The van der Waals surface area contributed by atoms with Gasteiger partial charge in [0.15, 0.2) is 0 Å². The Labute approximate surface area is 105 Å². The van der Waals surface area contributed by atoms with Crippen LogP contribution in [0.1, 0.15) is 11.1 Å². The molecule has 0 aliphatic rings. The van der Waals surface area contributed by atoms with Gasteiger partial charge in [-0.15, -0.1) is 0 Å². The zero-order chi connectivity index (χ0) is 12.5. The van der Waals surface area contributed by atoms with Gasteiger partial charge in [-0.3, -0.25) is 10.1 Å². The zero-order valence-corrected chi connectivity index (χ0v) is 10.7.